The maximum atomic E-state index is 5.56. The van der Waals surface area contributed by atoms with Gasteiger partial charge in [0.1, 0.15) is 5.76 Å². The first-order chi connectivity index (χ1) is 7.27. The third kappa shape index (κ3) is 4.06. The number of nitrogens with two attached hydrogens (primary N) is 1. The normalized spacial score (nSPS) is 15.1. The van der Waals surface area contributed by atoms with E-state index in [1.54, 1.807) is 6.26 Å². The van der Waals surface area contributed by atoms with Crippen LogP contribution in [0.2, 0.25) is 0 Å². The van der Waals surface area contributed by atoms with Crippen LogP contribution in [0.5, 0.6) is 0 Å². The number of hydrogen-bond donors (Lipinski definition) is 2. The van der Waals surface area contributed by atoms with Crippen molar-refractivity contribution in [3.63, 3.8) is 0 Å². The van der Waals surface area contributed by atoms with Gasteiger partial charge in [0.05, 0.1) is 6.26 Å². The Bertz CT molecular complexity index is 246. The van der Waals surface area contributed by atoms with Crippen LogP contribution in [0.25, 0.3) is 0 Å². The molecule has 3 nitrogen and oxygen atoms in total. The lowest BCUT2D eigenvalue weighted by molar-refractivity contribution is 0.333. The molecule has 1 heterocycles. The molecule has 0 aromatic carbocycles. The summed E-state index contributed by atoms with van der Waals surface area (Å²) in [7, 11) is 0. The van der Waals surface area contributed by atoms with E-state index in [2.05, 4.69) is 19.3 Å². The minimum absolute atomic E-state index is 0.384. The van der Waals surface area contributed by atoms with E-state index in [9.17, 15) is 0 Å². The van der Waals surface area contributed by atoms with E-state index >= 15 is 0 Å². The van der Waals surface area contributed by atoms with Gasteiger partial charge in [0.25, 0.3) is 0 Å². The average molecular weight is 210 g/mol. The molecule has 3 heteroatoms. The molecular weight excluding hydrogens is 188 g/mol. The van der Waals surface area contributed by atoms with E-state index < -0.39 is 0 Å². The summed E-state index contributed by atoms with van der Waals surface area (Å²) in [5, 5.41) is 0. The minimum Gasteiger partial charge on any atom is -0.469 e. The Morgan fingerprint density at radius 3 is 2.80 bits per heavy atom. The maximum absolute atomic E-state index is 5.56. The number of nitrogens with one attached hydrogen (secondary N) is 1. The molecule has 1 rings (SSSR count). The summed E-state index contributed by atoms with van der Waals surface area (Å²) < 4.78 is 5.30. The molecule has 86 valence electrons. The fourth-order valence-electron chi connectivity index (χ4n) is 1.94. The molecule has 1 aromatic rings. The van der Waals surface area contributed by atoms with E-state index in [1.807, 2.05) is 12.1 Å². The van der Waals surface area contributed by atoms with Gasteiger partial charge in [-0.25, -0.2) is 0 Å². The molecule has 0 bridgehead atoms. The molecule has 3 N–H and O–H groups in total. The summed E-state index contributed by atoms with van der Waals surface area (Å²) in [6.07, 6.45) is 6.13. The van der Waals surface area contributed by atoms with Crippen molar-refractivity contribution in [2.24, 2.45) is 11.8 Å². The van der Waals surface area contributed by atoms with E-state index in [1.165, 1.54) is 12.8 Å². The zero-order chi connectivity index (χ0) is 11.1. The SMILES string of the molecule is CCCC(C)C(CCc1ccco1)NN. The zero-order valence-corrected chi connectivity index (χ0v) is 9.70. The number of hydrazine groups is 1. The Morgan fingerprint density at radius 2 is 2.27 bits per heavy atom. The maximum Gasteiger partial charge on any atom is 0.103 e. The second-order valence-electron chi connectivity index (χ2n) is 4.16. The Hall–Kier alpha value is -0.800. The van der Waals surface area contributed by atoms with Gasteiger partial charge in [-0.2, -0.15) is 0 Å². The molecule has 0 saturated carbocycles. The Balaban J connectivity index is 2.33. The van der Waals surface area contributed by atoms with Crippen LogP contribution in [0.1, 0.15) is 38.9 Å². The van der Waals surface area contributed by atoms with Gasteiger partial charge in [0, 0.05) is 12.5 Å². The van der Waals surface area contributed by atoms with Crippen LogP contribution in [0, 0.1) is 5.92 Å². The molecular formula is C12H22N2O. The summed E-state index contributed by atoms with van der Waals surface area (Å²) in [6.45, 7) is 4.45. The highest BCUT2D eigenvalue weighted by atomic mass is 16.3. The number of rotatable bonds is 7. The molecule has 15 heavy (non-hydrogen) atoms. The Kier molecular flexibility index (Phi) is 5.43. The number of furan rings is 1. The molecule has 2 atom stereocenters. The lowest BCUT2D eigenvalue weighted by atomic mass is 9.93. The summed E-state index contributed by atoms with van der Waals surface area (Å²) >= 11 is 0. The van der Waals surface area contributed by atoms with Crippen molar-refractivity contribution >= 4 is 0 Å². The third-order valence-electron chi connectivity index (χ3n) is 2.93. The monoisotopic (exact) mass is 210 g/mol. The van der Waals surface area contributed by atoms with Crippen LogP contribution < -0.4 is 11.3 Å². The van der Waals surface area contributed by atoms with Crippen molar-refractivity contribution in [2.45, 2.75) is 45.6 Å². The average Bonchev–Trinajstić information content (AvgIpc) is 2.72. The van der Waals surface area contributed by atoms with Gasteiger partial charge in [-0.3, -0.25) is 11.3 Å². The molecule has 0 fully saturated rings. The van der Waals surface area contributed by atoms with Gasteiger partial charge in [-0.1, -0.05) is 20.3 Å². The Morgan fingerprint density at radius 1 is 1.47 bits per heavy atom. The fourth-order valence-corrected chi connectivity index (χ4v) is 1.94. The van der Waals surface area contributed by atoms with E-state index in [0.29, 0.717) is 12.0 Å². The second kappa shape index (κ2) is 6.64. The molecule has 0 aliphatic carbocycles. The van der Waals surface area contributed by atoms with Crippen molar-refractivity contribution < 1.29 is 4.42 Å². The fraction of sp³-hybridized carbons (Fsp3) is 0.667. The zero-order valence-electron chi connectivity index (χ0n) is 9.70. The minimum atomic E-state index is 0.384. The van der Waals surface area contributed by atoms with Crippen LogP contribution in [-0.4, -0.2) is 6.04 Å². The molecule has 0 amide bonds. The third-order valence-corrected chi connectivity index (χ3v) is 2.93. The first kappa shape index (κ1) is 12.3. The largest absolute Gasteiger partial charge is 0.469 e. The van der Waals surface area contributed by atoms with Crippen LogP contribution in [0.3, 0.4) is 0 Å². The lowest BCUT2D eigenvalue weighted by Crippen LogP contribution is -2.40. The highest BCUT2D eigenvalue weighted by Gasteiger charge is 2.15. The predicted molar refractivity (Wildman–Crippen MR) is 62.2 cm³/mol. The van der Waals surface area contributed by atoms with Gasteiger partial charge in [0.2, 0.25) is 0 Å². The lowest BCUT2D eigenvalue weighted by Gasteiger charge is -2.22. The van der Waals surface area contributed by atoms with E-state index in [0.717, 1.165) is 18.6 Å². The molecule has 2 unspecified atom stereocenters. The summed E-state index contributed by atoms with van der Waals surface area (Å²) in [6, 6.07) is 4.32. The molecule has 0 saturated heterocycles. The van der Waals surface area contributed by atoms with Gasteiger partial charge < -0.3 is 4.42 Å². The van der Waals surface area contributed by atoms with E-state index in [-0.39, 0.29) is 0 Å². The number of aryl methyl sites for hydroxylation is 1. The molecule has 1 aromatic heterocycles. The quantitative estimate of drug-likeness (QED) is 0.537. The van der Waals surface area contributed by atoms with Gasteiger partial charge in [-0.05, 0) is 30.9 Å². The number of hydrogen-bond acceptors (Lipinski definition) is 3. The molecule has 0 aliphatic rings. The summed E-state index contributed by atoms with van der Waals surface area (Å²) in [5.41, 5.74) is 2.91. The van der Waals surface area contributed by atoms with Crippen LogP contribution in [0.4, 0.5) is 0 Å². The van der Waals surface area contributed by atoms with Gasteiger partial charge >= 0.3 is 0 Å². The molecule has 0 radical (unpaired) electrons. The van der Waals surface area contributed by atoms with Crippen molar-refractivity contribution in [1.29, 1.82) is 0 Å². The standard InChI is InChI=1S/C12H22N2O/c1-3-5-10(2)12(14-13)8-7-11-6-4-9-15-11/h4,6,9-10,12,14H,3,5,7-8,13H2,1-2H3. The summed E-state index contributed by atoms with van der Waals surface area (Å²) in [4.78, 5) is 0. The van der Waals surface area contributed by atoms with Crippen LogP contribution in [0.15, 0.2) is 22.8 Å². The van der Waals surface area contributed by atoms with Gasteiger partial charge in [0.15, 0.2) is 0 Å². The first-order valence-corrected chi connectivity index (χ1v) is 5.76. The highest BCUT2D eigenvalue weighted by molar-refractivity contribution is 4.98. The van der Waals surface area contributed by atoms with Crippen LogP contribution >= 0.6 is 0 Å². The highest BCUT2D eigenvalue weighted by Crippen LogP contribution is 2.15. The molecule has 0 spiro atoms. The predicted octanol–water partition coefficient (Wildman–Crippen LogP) is 2.48. The summed E-state index contributed by atoms with van der Waals surface area (Å²) in [5.74, 6) is 7.22. The van der Waals surface area contributed by atoms with E-state index in [4.69, 9.17) is 10.3 Å². The van der Waals surface area contributed by atoms with Crippen LogP contribution in [-0.2, 0) is 6.42 Å². The van der Waals surface area contributed by atoms with Crippen molar-refractivity contribution in [2.75, 3.05) is 0 Å². The topological polar surface area (TPSA) is 51.2 Å². The van der Waals surface area contributed by atoms with Crippen molar-refractivity contribution in [3.05, 3.63) is 24.2 Å². The first-order valence-electron chi connectivity index (χ1n) is 5.76. The second-order valence-corrected chi connectivity index (χ2v) is 4.16. The van der Waals surface area contributed by atoms with Crippen molar-refractivity contribution in [3.8, 4) is 0 Å². The molecule has 0 aliphatic heterocycles. The smallest absolute Gasteiger partial charge is 0.103 e. The Labute approximate surface area is 92.0 Å². The van der Waals surface area contributed by atoms with Crippen molar-refractivity contribution in [1.82, 2.24) is 5.43 Å². The van der Waals surface area contributed by atoms with Gasteiger partial charge in [-0.15, -0.1) is 0 Å².